The van der Waals surface area contributed by atoms with Crippen LogP contribution in [0.4, 0.5) is 0 Å². The summed E-state index contributed by atoms with van der Waals surface area (Å²) in [7, 11) is -2.67. The van der Waals surface area contributed by atoms with Crippen LogP contribution in [0.25, 0.3) is 11.1 Å². The number of hydrogen-bond acceptors (Lipinski definition) is 8. The molecule has 7 nitrogen and oxygen atoms in total. The first-order valence-corrected chi connectivity index (χ1v) is 18.2. The van der Waals surface area contributed by atoms with Crippen molar-refractivity contribution in [2.75, 3.05) is 20.3 Å². The van der Waals surface area contributed by atoms with Gasteiger partial charge in [-0.3, -0.25) is 0 Å². The van der Waals surface area contributed by atoms with Gasteiger partial charge in [-0.25, -0.2) is 0 Å². The van der Waals surface area contributed by atoms with Gasteiger partial charge in [0.25, 0.3) is 0 Å². The Balaban J connectivity index is 1.56. The van der Waals surface area contributed by atoms with Crippen molar-refractivity contribution in [2.45, 2.75) is 47.2 Å². The van der Waals surface area contributed by atoms with E-state index >= 15 is 0 Å². The minimum Gasteiger partial charge on any atom is -0.494 e. The molecular weight excluding hydrogens is 657 g/mol. The maximum absolute atomic E-state index is 13.9. The van der Waals surface area contributed by atoms with E-state index in [9.17, 15) is 13.5 Å². The molecule has 0 heterocycles. The van der Waals surface area contributed by atoms with Crippen LogP contribution < -0.4 is 13.7 Å². The molecule has 254 valence electrons. The second kappa shape index (κ2) is 17.2. The Morgan fingerprint density at radius 2 is 1.59 bits per heavy atom. The Bertz CT molecular complexity index is 1940. The normalized spacial score (nSPS) is 11.9. The summed E-state index contributed by atoms with van der Waals surface area (Å²) in [5.41, 5.74) is 3.25. The Labute approximate surface area is 293 Å². The van der Waals surface area contributed by atoms with Crippen molar-refractivity contribution < 1.29 is 31.9 Å². The maximum Gasteiger partial charge on any atom is 0.340 e. The van der Waals surface area contributed by atoms with Crippen molar-refractivity contribution in [1.29, 1.82) is 0 Å². The van der Waals surface area contributed by atoms with E-state index in [1.165, 1.54) is 11.8 Å². The van der Waals surface area contributed by atoms with E-state index < -0.39 is 16.2 Å². The van der Waals surface area contributed by atoms with Crippen LogP contribution in [-0.4, -0.2) is 33.8 Å². The highest BCUT2D eigenvalue weighted by atomic mass is 32.2. The molecule has 0 spiro atoms. The Hall–Kier alpha value is -4.54. The van der Waals surface area contributed by atoms with Gasteiger partial charge in [-0.2, -0.15) is 8.42 Å². The quantitative estimate of drug-likeness (QED) is 0.0585. The average molecular weight is 697 g/mol. The van der Waals surface area contributed by atoms with Crippen LogP contribution in [0.15, 0.2) is 143 Å². The topological polar surface area (TPSA) is 91.3 Å². The lowest BCUT2D eigenvalue weighted by Gasteiger charge is -2.21. The number of hydrogen-bond donors (Lipinski definition) is 1. The highest BCUT2D eigenvalue weighted by Crippen LogP contribution is 2.40. The molecule has 0 amide bonds. The number of aliphatic hydroxyl groups excluding tert-OH is 1. The smallest absolute Gasteiger partial charge is 0.340 e. The average Bonchev–Trinajstić information content (AvgIpc) is 3.12. The summed E-state index contributed by atoms with van der Waals surface area (Å²) < 4.78 is 50.5. The molecule has 5 rings (SSSR count). The summed E-state index contributed by atoms with van der Waals surface area (Å²) >= 11 is 1.32. The molecule has 0 radical (unpaired) electrons. The summed E-state index contributed by atoms with van der Waals surface area (Å²) in [6, 6.07) is 34.1. The van der Waals surface area contributed by atoms with Gasteiger partial charge < -0.3 is 23.5 Å². The second-order valence-corrected chi connectivity index (χ2v) is 13.8. The molecule has 49 heavy (non-hydrogen) atoms. The molecule has 0 aromatic heterocycles. The van der Waals surface area contributed by atoms with Crippen molar-refractivity contribution in [3.63, 3.8) is 0 Å². The standard InChI is InChI=1S/C40H40O7S2/c1-4-6-25-45-31-18-20-33(21-19-31)48-38-23-17-30(27-39(38)49(42,43)47-32-12-8-7-9-13-32)34-14-10-11-15-35(34)40(41)36-26-29(28-44-3)16-22-37(36)46-24-5-2/h5,7-23,26-27,40-41H,2,4,6,24-25,28H2,1,3H3. The number of rotatable bonds is 17. The molecule has 0 aliphatic heterocycles. The first kappa shape index (κ1) is 35.8. The molecule has 1 atom stereocenters. The third-order valence-electron chi connectivity index (χ3n) is 7.58. The van der Waals surface area contributed by atoms with Crippen molar-refractivity contribution in [3.05, 3.63) is 145 Å². The highest BCUT2D eigenvalue weighted by molar-refractivity contribution is 8.00. The molecule has 0 aliphatic rings. The van der Waals surface area contributed by atoms with Crippen molar-refractivity contribution in [1.82, 2.24) is 0 Å². The molecule has 0 aliphatic carbocycles. The third-order valence-corrected chi connectivity index (χ3v) is 10.1. The van der Waals surface area contributed by atoms with Crippen LogP contribution in [-0.2, 0) is 21.5 Å². The predicted octanol–water partition coefficient (Wildman–Crippen LogP) is 9.24. The van der Waals surface area contributed by atoms with Gasteiger partial charge in [-0.05, 0) is 89.3 Å². The molecule has 0 saturated carbocycles. The summed E-state index contributed by atoms with van der Waals surface area (Å²) in [5, 5.41) is 11.9. The van der Waals surface area contributed by atoms with Gasteiger partial charge >= 0.3 is 10.1 Å². The van der Waals surface area contributed by atoms with Gasteiger partial charge in [0.15, 0.2) is 0 Å². The van der Waals surface area contributed by atoms with Gasteiger partial charge in [0, 0.05) is 22.5 Å². The SMILES string of the molecule is C=CCOc1ccc(COC)cc1C(O)c1ccccc1-c1ccc(Sc2ccc(OCCCC)cc2)c(S(=O)(=O)Oc2ccccc2)c1. The van der Waals surface area contributed by atoms with Crippen molar-refractivity contribution >= 4 is 21.9 Å². The van der Waals surface area contributed by atoms with Crippen LogP contribution in [0.1, 0.15) is 42.6 Å². The first-order chi connectivity index (χ1) is 23.8. The minimum atomic E-state index is -4.28. The van der Waals surface area contributed by atoms with Crippen LogP contribution in [0.2, 0.25) is 0 Å². The predicted molar refractivity (Wildman–Crippen MR) is 194 cm³/mol. The van der Waals surface area contributed by atoms with Gasteiger partial charge in [-0.15, -0.1) is 0 Å². The second-order valence-electron chi connectivity index (χ2n) is 11.2. The Kier molecular flexibility index (Phi) is 12.6. The molecule has 9 heteroatoms. The van der Waals surface area contributed by atoms with Gasteiger partial charge in [-0.1, -0.05) is 92.4 Å². The van der Waals surface area contributed by atoms with E-state index in [1.54, 1.807) is 61.7 Å². The summed E-state index contributed by atoms with van der Waals surface area (Å²) in [5.74, 6) is 1.47. The number of ether oxygens (including phenoxy) is 3. The lowest BCUT2D eigenvalue weighted by atomic mass is 9.91. The molecule has 0 fully saturated rings. The van der Waals surface area contributed by atoms with Crippen LogP contribution in [0.5, 0.6) is 17.2 Å². The summed E-state index contributed by atoms with van der Waals surface area (Å²) in [6.07, 6.45) is 2.56. The Morgan fingerprint density at radius 1 is 0.837 bits per heavy atom. The maximum atomic E-state index is 13.9. The molecular formula is C40H40O7S2. The van der Waals surface area contributed by atoms with Gasteiger partial charge in [0.2, 0.25) is 0 Å². The van der Waals surface area contributed by atoms with Gasteiger partial charge in [0.1, 0.15) is 34.9 Å². The molecule has 0 bridgehead atoms. The van der Waals surface area contributed by atoms with E-state index in [4.69, 9.17) is 18.4 Å². The van der Waals surface area contributed by atoms with E-state index in [1.807, 2.05) is 66.7 Å². The van der Waals surface area contributed by atoms with Crippen LogP contribution in [0, 0.1) is 0 Å². The third kappa shape index (κ3) is 9.33. The fraction of sp³-hybridized carbons (Fsp3) is 0.200. The molecule has 1 N–H and O–H groups in total. The monoisotopic (exact) mass is 696 g/mol. The zero-order valence-electron chi connectivity index (χ0n) is 27.6. The van der Waals surface area contributed by atoms with Crippen LogP contribution in [0.3, 0.4) is 0 Å². The number of unbranched alkanes of at least 4 members (excludes halogenated alkanes) is 1. The molecule has 0 saturated heterocycles. The first-order valence-electron chi connectivity index (χ1n) is 16.0. The van der Waals surface area contributed by atoms with E-state index in [2.05, 4.69) is 13.5 Å². The number of aliphatic hydroxyl groups is 1. The van der Waals surface area contributed by atoms with E-state index in [0.717, 1.165) is 29.1 Å². The summed E-state index contributed by atoms with van der Waals surface area (Å²) in [4.78, 5) is 1.33. The largest absolute Gasteiger partial charge is 0.494 e. The Morgan fingerprint density at radius 3 is 2.33 bits per heavy atom. The van der Waals surface area contributed by atoms with Crippen LogP contribution >= 0.6 is 11.8 Å². The lowest BCUT2D eigenvalue weighted by molar-refractivity contribution is 0.183. The minimum absolute atomic E-state index is 0.00326. The van der Waals surface area contributed by atoms with E-state index in [0.29, 0.717) is 46.1 Å². The van der Waals surface area contributed by atoms with Gasteiger partial charge in [0.05, 0.1) is 13.2 Å². The zero-order chi connectivity index (χ0) is 34.6. The molecule has 1 unspecified atom stereocenters. The molecule has 5 aromatic carbocycles. The van der Waals surface area contributed by atoms with E-state index in [-0.39, 0.29) is 17.3 Å². The highest BCUT2D eigenvalue weighted by Gasteiger charge is 2.25. The lowest BCUT2D eigenvalue weighted by Crippen LogP contribution is -2.11. The summed E-state index contributed by atoms with van der Waals surface area (Å²) in [6.45, 7) is 7.12. The number of methoxy groups -OCH3 is 1. The fourth-order valence-electron chi connectivity index (χ4n) is 5.18. The molecule has 5 aromatic rings. The van der Waals surface area contributed by atoms with Crippen molar-refractivity contribution in [3.8, 4) is 28.4 Å². The fourth-order valence-corrected chi connectivity index (χ4v) is 7.48. The van der Waals surface area contributed by atoms with Crippen molar-refractivity contribution in [2.24, 2.45) is 0 Å². The number of para-hydroxylation sites is 1. The number of benzene rings is 5. The zero-order valence-corrected chi connectivity index (χ0v) is 29.2.